The fourth-order valence-corrected chi connectivity index (χ4v) is 3.85. The molecule has 0 radical (unpaired) electrons. The Hall–Kier alpha value is -3.15. The van der Waals surface area contributed by atoms with E-state index < -0.39 is 0 Å². The first-order valence-electron chi connectivity index (χ1n) is 10.1. The highest BCUT2D eigenvalue weighted by molar-refractivity contribution is 5.91. The first-order chi connectivity index (χ1) is 14.1. The zero-order valence-electron chi connectivity index (χ0n) is 17.2. The standard InChI is InChI=1S/C23H26N4O2/c1-4-19-17(3)24-21(18-8-5-7-16(2)15-18)25-22(19)26-10-12-27(13-11-26)23(28)20-9-6-14-29-20/h5-9,14-15H,4,10-13H2,1-3H3. The molecule has 1 aliphatic rings. The third-order valence-corrected chi connectivity index (χ3v) is 5.42. The fourth-order valence-electron chi connectivity index (χ4n) is 3.85. The number of carbonyl (C=O) groups is 1. The molecule has 0 saturated carbocycles. The van der Waals surface area contributed by atoms with Gasteiger partial charge in [-0.05, 0) is 38.5 Å². The van der Waals surface area contributed by atoms with Crippen LogP contribution in [0.25, 0.3) is 11.4 Å². The molecule has 0 N–H and O–H groups in total. The lowest BCUT2D eigenvalue weighted by molar-refractivity contribution is 0.0714. The van der Waals surface area contributed by atoms with Crippen LogP contribution in [0, 0.1) is 13.8 Å². The Morgan fingerprint density at radius 3 is 2.52 bits per heavy atom. The zero-order valence-corrected chi connectivity index (χ0v) is 17.2. The number of hydrogen-bond donors (Lipinski definition) is 0. The number of aryl methyl sites for hydroxylation is 2. The van der Waals surface area contributed by atoms with Gasteiger partial charge in [-0.1, -0.05) is 30.7 Å². The van der Waals surface area contributed by atoms with Crippen molar-refractivity contribution in [3.8, 4) is 11.4 Å². The molecule has 29 heavy (non-hydrogen) atoms. The van der Waals surface area contributed by atoms with Crippen LogP contribution in [0.1, 0.15) is 34.3 Å². The van der Waals surface area contributed by atoms with Gasteiger partial charge in [0.25, 0.3) is 5.91 Å². The Kier molecular flexibility index (Phi) is 5.34. The van der Waals surface area contributed by atoms with Crippen LogP contribution in [-0.2, 0) is 6.42 Å². The van der Waals surface area contributed by atoms with E-state index in [1.807, 2.05) is 11.0 Å². The van der Waals surface area contributed by atoms with Gasteiger partial charge >= 0.3 is 0 Å². The number of benzene rings is 1. The summed E-state index contributed by atoms with van der Waals surface area (Å²) in [6.45, 7) is 9.04. The Morgan fingerprint density at radius 2 is 1.86 bits per heavy atom. The van der Waals surface area contributed by atoms with Gasteiger partial charge in [0, 0.05) is 43.0 Å². The highest BCUT2D eigenvalue weighted by Crippen LogP contribution is 2.27. The van der Waals surface area contributed by atoms with Crippen molar-refractivity contribution in [2.75, 3.05) is 31.1 Å². The van der Waals surface area contributed by atoms with Gasteiger partial charge in [-0.2, -0.15) is 0 Å². The van der Waals surface area contributed by atoms with Crippen LogP contribution in [0.15, 0.2) is 47.1 Å². The molecule has 2 aromatic heterocycles. The quantitative estimate of drug-likeness (QED) is 0.677. The van der Waals surface area contributed by atoms with E-state index in [9.17, 15) is 4.79 Å². The lowest BCUT2D eigenvalue weighted by Gasteiger charge is -2.36. The molecule has 6 nitrogen and oxygen atoms in total. The monoisotopic (exact) mass is 390 g/mol. The summed E-state index contributed by atoms with van der Waals surface area (Å²) in [5.41, 5.74) is 4.41. The Balaban J connectivity index is 1.59. The topological polar surface area (TPSA) is 62.5 Å². The maximum absolute atomic E-state index is 12.5. The minimum absolute atomic E-state index is 0.0512. The number of amides is 1. The summed E-state index contributed by atoms with van der Waals surface area (Å²) < 4.78 is 5.26. The van der Waals surface area contributed by atoms with Gasteiger partial charge in [-0.3, -0.25) is 4.79 Å². The lowest BCUT2D eigenvalue weighted by Crippen LogP contribution is -2.49. The van der Waals surface area contributed by atoms with Gasteiger partial charge < -0.3 is 14.2 Å². The average Bonchev–Trinajstić information content (AvgIpc) is 3.28. The number of hydrogen-bond acceptors (Lipinski definition) is 5. The molecule has 6 heteroatoms. The number of nitrogens with zero attached hydrogens (tertiary/aromatic N) is 4. The number of piperazine rings is 1. The summed E-state index contributed by atoms with van der Waals surface area (Å²) in [5.74, 6) is 2.09. The average molecular weight is 390 g/mol. The van der Waals surface area contributed by atoms with E-state index in [0.717, 1.165) is 42.4 Å². The fraction of sp³-hybridized carbons (Fsp3) is 0.348. The first kappa shape index (κ1) is 19.2. The van der Waals surface area contributed by atoms with Crippen molar-refractivity contribution in [3.05, 3.63) is 65.2 Å². The van der Waals surface area contributed by atoms with E-state index in [0.29, 0.717) is 18.8 Å². The normalized spacial score (nSPS) is 14.3. The smallest absolute Gasteiger partial charge is 0.289 e. The highest BCUT2D eigenvalue weighted by Gasteiger charge is 2.26. The van der Waals surface area contributed by atoms with E-state index in [4.69, 9.17) is 14.4 Å². The molecule has 3 heterocycles. The van der Waals surface area contributed by atoms with Gasteiger partial charge in [0.1, 0.15) is 5.82 Å². The molecule has 1 amide bonds. The van der Waals surface area contributed by atoms with E-state index in [1.54, 1.807) is 12.1 Å². The number of furan rings is 1. The number of anilines is 1. The van der Waals surface area contributed by atoms with Crippen LogP contribution in [-0.4, -0.2) is 47.0 Å². The van der Waals surface area contributed by atoms with Gasteiger partial charge in [-0.25, -0.2) is 9.97 Å². The second-order valence-electron chi connectivity index (χ2n) is 7.41. The van der Waals surface area contributed by atoms with Gasteiger partial charge in [0.2, 0.25) is 0 Å². The van der Waals surface area contributed by atoms with Gasteiger partial charge in [0.05, 0.1) is 6.26 Å². The van der Waals surface area contributed by atoms with Crippen LogP contribution in [0.4, 0.5) is 5.82 Å². The molecule has 0 atom stereocenters. The molecule has 4 rings (SSSR count). The number of carbonyl (C=O) groups excluding carboxylic acids is 1. The summed E-state index contributed by atoms with van der Waals surface area (Å²) in [4.78, 5) is 26.4. The highest BCUT2D eigenvalue weighted by atomic mass is 16.3. The molecule has 1 fully saturated rings. The van der Waals surface area contributed by atoms with Crippen molar-refractivity contribution < 1.29 is 9.21 Å². The van der Waals surface area contributed by atoms with Crippen LogP contribution in [0.3, 0.4) is 0 Å². The Bertz CT molecular complexity index is 1010. The molecule has 0 bridgehead atoms. The van der Waals surface area contributed by atoms with Crippen molar-refractivity contribution >= 4 is 11.7 Å². The third kappa shape index (κ3) is 3.88. The van der Waals surface area contributed by atoms with Crippen LogP contribution >= 0.6 is 0 Å². The molecule has 150 valence electrons. The van der Waals surface area contributed by atoms with Crippen molar-refractivity contribution in [3.63, 3.8) is 0 Å². The second kappa shape index (κ2) is 8.07. The molecule has 0 unspecified atom stereocenters. The maximum atomic E-state index is 12.5. The van der Waals surface area contributed by atoms with E-state index >= 15 is 0 Å². The van der Waals surface area contributed by atoms with Crippen LogP contribution in [0.5, 0.6) is 0 Å². The van der Waals surface area contributed by atoms with Gasteiger partial charge in [0.15, 0.2) is 11.6 Å². The van der Waals surface area contributed by atoms with Crippen LogP contribution in [0.2, 0.25) is 0 Å². The molecule has 1 saturated heterocycles. The van der Waals surface area contributed by atoms with E-state index in [1.165, 1.54) is 17.4 Å². The maximum Gasteiger partial charge on any atom is 0.289 e. The molecule has 0 aliphatic carbocycles. The van der Waals surface area contributed by atoms with Crippen molar-refractivity contribution in [1.29, 1.82) is 0 Å². The molecule has 0 spiro atoms. The third-order valence-electron chi connectivity index (χ3n) is 5.42. The van der Waals surface area contributed by atoms with Crippen LogP contribution < -0.4 is 4.90 Å². The van der Waals surface area contributed by atoms with Crippen molar-refractivity contribution in [2.45, 2.75) is 27.2 Å². The summed E-state index contributed by atoms with van der Waals surface area (Å²) >= 11 is 0. The molecular weight excluding hydrogens is 364 g/mol. The van der Waals surface area contributed by atoms with Crippen molar-refractivity contribution in [2.24, 2.45) is 0 Å². The van der Waals surface area contributed by atoms with Crippen molar-refractivity contribution in [1.82, 2.24) is 14.9 Å². The predicted molar refractivity (Wildman–Crippen MR) is 113 cm³/mol. The largest absolute Gasteiger partial charge is 0.459 e. The minimum atomic E-state index is -0.0512. The van der Waals surface area contributed by atoms with E-state index in [-0.39, 0.29) is 5.91 Å². The summed E-state index contributed by atoms with van der Waals surface area (Å²) in [5, 5.41) is 0. The summed E-state index contributed by atoms with van der Waals surface area (Å²) in [6, 6.07) is 11.7. The summed E-state index contributed by atoms with van der Waals surface area (Å²) in [7, 11) is 0. The molecule has 1 aliphatic heterocycles. The number of aromatic nitrogens is 2. The SMILES string of the molecule is CCc1c(C)nc(-c2cccc(C)c2)nc1N1CCN(C(=O)c2ccco2)CC1. The minimum Gasteiger partial charge on any atom is -0.459 e. The van der Waals surface area contributed by atoms with E-state index in [2.05, 4.69) is 43.9 Å². The molecular formula is C23H26N4O2. The molecule has 1 aromatic carbocycles. The Labute approximate surface area is 171 Å². The number of rotatable bonds is 4. The second-order valence-corrected chi connectivity index (χ2v) is 7.41. The zero-order chi connectivity index (χ0) is 20.4. The first-order valence-corrected chi connectivity index (χ1v) is 10.1. The molecule has 3 aromatic rings. The predicted octanol–water partition coefficient (Wildman–Crippen LogP) is 3.88. The summed E-state index contributed by atoms with van der Waals surface area (Å²) in [6.07, 6.45) is 2.41. The Morgan fingerprint density at radius 1 is 1.07 bits per heavy atom. The van der Waals surface area contributed by atoms with Gasteiger partial charge in [-0.15, -0.1) is 0 Å². The lowest BCUT2D eigenvalue weighted by atomic mass is 10.1.